The third-order valence-corrected chi connectivity index (χ3v) is 7.29. The molecule has 1 atom stereocenters. The number of aryl methyl sites for hydroxylation is 1. The lowest BCUT2D eigenvalue weighted by molar-refractivity contribution is 0.0126. The number of aromatic nitrogens is 2. The number of nitrogens with one attached hydrogen (secondary N) is 1. The molecule has 39 heavy (non-hydrogen) atoms. The minimum atomic E-state index is -1.67. The van der Waals surface area contributed by atoms with Gasteiger partial charge in [-0.1, -0.05) is 54.1 Å². The number of nitrogens with zero attached hydrogens (tertiary/aromatic N) is 3. The predicted octanol–water partition coefficient (Wildman–Crippen LogP) is 4.75. The number of aliphatic hydroxyl groups is 1. The molecular formula is C30H27ClN4O4. The van der Waals surface area contributed by atoms with Crippen molar-refractivity contribution in [3.05, 3.63) is 113 Å². The molecule has 2 aromatic heterocycles. The molecule has 9 heteroatoms. The molecule has 198 valence electrons. The van der Waals surface area contributed by atoms with Crippen LogP contribution < -0.4 is 5.43 Å². The molecule has 8 nitrogen and oxygen atoms in total. The molecule has 2 N–H and O–H groups in total. The lowest BCUT2D eigenvalue weighted by atomic mass is 9.88. The lowest BCUT2D eigenvalue weighted by Crippen LogP contribution is -2.48. The van der Waals surface area contributed by atoms with Crippen LogP contribution in [-0.2, 0) is 17.4 Å². The van der Waals surface area contributed by atoms with E-state index in [-0.39, 0.29) is 5.91 Å². The smallest absolute Gasteiger partial charge is 0.265 e. The van der Waals surface area contributed by atoms with Crippen molar-refractivity contribution in [3.63, 3.8) is 0 Å². The highest BCUT2D eigenvalue weighted by atomic mass is 35.5. The van der Waals surface area contributed by atoms with Crippen molar-refractivity contribution in [2.24, 2.45) is 7.05 Å². The van der Waals surface area contributed by atoms with Gasteiger partial charge in [-0.2, -0.15) is 0 Å². The molecule has 5 aromatic rings. The van der Waals surface area contributed by atoms with Gasteiger partial charge in [0.1, 0.15) is 11.3 Å². The number of fused-ring (bicyclic) bond motifs is 1. The standard InChI is InChI=1S/C30H27ClN4O4/c1-34-19-32-18-26(34)30(37,23-7-9-24(31)10-8-23)27-17-21-15-22(29(36)33-35-11-13-38-14-12-35)16-25(28(21)39-27)20-5-3-2-4-6-20/h2-10,15-19,37H,11-14H2,1H3,(H,33,36). The Morgan fingerprint density at radius 3 is 2.49 bits per heavy atom. The van der Waals surface area contributed by atoms with E-state index in [1.807, 2.05) is 48.5 Å². The SMILES string of the molecule is Cn1cncc1C(O)(c1ccc(Cl)cc1)c1cc2cc(C(=O)NN3CCOCC3)cc(-c3ccccc3)c2o1. The van der Waals surface area contributed by atoms with E-state index in [4.69, 9.17) is 20.8 Å². The van der Waals surface area contributed by atoms with E-state index in [1.165, 1.54) is 0 Å². The highest BCUT2D eigenvalue weighted by Crippen LogP contribution is 2.42. The topological polar surface area (TPSA) is 92.8 Å². The molecule has 1 saturated heterocycles. The van der Waals surface area contributed by atoms with Gasteiger partial charge in [0.2, 0.25) is 0 Å². The van der Waals surface area contributed by atoms with Crippen LogP contribution in [-0.4, -0.2) is 51.9 Å². The third kappa shape index (κ3) is 4.72. The number of ether oxygens (including phenoxy) is 1. The maximum absolute atomic E-state index is 13.3. The molecule has 1 fully saturated rings. The summed E-state index contributed by atoms with van der Waals surface area (Å²) in [6.45, 7) is 2.37. The van der Waals surface area contributed by atoms with Gasteiger partial charge >= 0.3 is 0 Å². The van der Waals surface area contributed by atoms with Crippen LogP contribution in [0.25, 0.3) is 22.1 Å². The number of hydrogen-bond acceptors (Lipinski definition) is 6. The van der Waals surface area contributed by atoms with Gasteiger partial charge in [-0.05, 0) is 41.5 Å². The van der Waals surface area contributed by atoms with E-state index >= 15 is 0 Å². The predicted molar refractivity (Wildman–Crippen MR) is 148 cm³/mol. The molecule has 0 bridgehead atoms. The van der Waals surface area contributed by atoms with E-state index in [2.05, 4.69) is 10.4 Å². The molecule has 0 aliphatic carbocycles. The molecular weight excluding hydrogens is 516 g/mol. The second kappa shape index (κ2) is 10.3. The Morgan fingerprint density at radius 2 is 1.79 bits per heavy atom. The maximum Gasteiger partial charge on any atom is 0.265 e. The lowest BCUT2D eigenvalue weighted by Gasteiger charge is -2.27. The van der Waals surface area contributed by atoms with Gasteiger partial charge in [0.25, 0.3) is 5.91 Å². The van der Waals surface area contributed by atoms with Crippen molar-refractivity contribution in [2.45, 2.75) is 5.60 Å². The van der Waals surface area contributed by atoms with Crippen LogP contribution in [0.3, 0.4) is 0 Å². The molecule has 3 aromatic carbocycles. The van der Waals surface area contributed by atoms with Crippen molar-refractivity contribution in [1.82, 2.24) is 20.0 Å². The normalized spacial score (nSPS) is 15.8. The van der Waals surface area contributed by atoms with Gasteiger partial charge < -0.3 is 18.8 Å². The molecule has 0 spiro atoms. The molecule has 0 saturated carbocycles. The van der Waals surface area contributed by atoms with Gasteiger partial charge in [0, 0.05) is 41.7 Å². The zero-order valence-corrected chi connectivity index (χ0v) is 22.1. The van der Waals surface area contributed by atoms with Crippen molar-refractivity contribution >= 4 is 28.5 Å². The highest BCUT2D eigenvalue weighted by Gasteiger charge is 2.40. The molecule has 1 aliphatic rings. The van der Waals surface area contributed by atoms with Crippen LogP contribution in [0.15, 0.2) is 89.7 Å². The molecule has 6 rings (SSSR count). The maximum atomic E-state index is 13.3. The number of rotatable bonds is 6. The van der Waals surface area contributed by atoms with Gasteiger partial charge in [0.15, 0.2) is 5.60 Å². The van der Waals surface area contributed by atoms with Crippen molar-refractivity contribution in [1.29, 1.82) is 0 Å². The van der Waals surface area contributed by atoms with Crippen LogP contribution in [0.4, 0.5) is 0 Å². The van der Waals surface area contributed by atoms with Crippen LogP contribution in [0.2, 0.25) is 5.02 Å². The van der Waals surface area contributed by atoms with Crippen LogP contribution in [0.5, 0.6) is 0 Å². The van der Waals surface area contributed by atoms with Crippen LogP contribution in [0.1, 0.15) is 27.4 Å². The number of benzene rings is 3. The first kappa shape index (κ1) is 25.3. The first-order valence-electron chi connectivity index (χ1n) is 12.7. The molecule has 1 aliphatic heterocycles. The minimum Gasteiger partial charge on any atom is -0.457 e. The van der Waals surface area contributed by atoms with Crippen LogP contribution >= 0.6 is 11.6 Å². The van der Waals surface area contributed by atoms with Crippen LogP contribution in [0, 0.1) is 0 Å². The fourth-order valence-electron chi connectivity index (χ4n) is 4.99. The molecule has 0 radical (unpaired) electrons. The quantitative estimate of drug-likeness (QED) is 0.322. The largest absolute Gasteiger partial charge is 0.457 e. The van der Waals surface area contributed by atoms with E-state index in [9.17, 15) is 9.90 Å². The number of amides is 1. The second-order valence-corrected chi connectivity index (χ2v) is 10.0. The zero-order valence-electron chi connectivity index (χ0n) is 21.3. The number of hydrogen-bond donors (Lipinski definition) is 2. The Hall–Kier alpha value is -3.95. The molecule has 1 amide bonds. The third-order valence-electron chi connectivity index (χ3n) is 7.04. The first-order chi connectivity index (χ1) is 18.9. The Bertz CT molecular complexity index is 1620. The number of hydrazine groups is 1. The Labute approximate surface area is 230 Å². The summed E-state index contributed by atoms with van der Waals surface area (Å²) in [5.41, 5.74) is 5.09. The second-order valence-electron chi connectivity index (χ2n) is 9.57. The van der Waals surface area contributed by atoms with Gasteiger partial charge in [-0.3, -0.25) is 10.2 Å². The summed E-state index contributed by atoms with van der Waals surface area (Å²) < 4.78 is 13.6. The number of halogens is 1. The van der Waals surface area contributed by atoms with Gasteiger partial charge in [-0.25, -0.2) is 9.99 Å². The summed E-state index contributed by atoms with van der Waals surface area (Å²) in [5.74, 6) is 0.0738. The number of carbonyl (C=O) groups excluding carboxylic acids is 1. The Kier molecular flexibility index (Phi) is 6.70. The summed E-state index contributed by atoms with van der Waals surface area (Å²) in [7, 11) is 1.81. The number of carbonyl (C=O) groups is 1. The molecule has 1 unspecified atom stereocenters. The van der Waals surface area contributed by atoms with E-state index < -0.39 is 5.60 Å². The van der Waals surface area contributed by atoms with Crippen molar-refractivity contribution < 1.29 is 19.1 Å². The van der Waals surface area contributed by atoms with Crippen molar-refractivity contribution in [3.8, 4) is 11.1 Å². The number of furan rings is 1. The highest BCUT2D eigenvalue weighted by molar-refractivity contribution is 6.30. The van der Waals surface area contributed by atoms with Gasteiger partial charge in [0.05, 0.1) is 31.4 Å². The monoisotopic (exact) mass is 542 g/mol. The minimum absolute atomic E-state index is 0.224. The fraction of sp³-hybridized carbons (Fsp3) is 0.200. The van der Waals surface area contributed by atoms with E-state index in [1.54, 1.807) is 53.5 Å². The van der Waals surface area contributed by atoms with Crippen molar-refractivity contribution in [2.75, 3.05) is 26.3 Å². The summed E-state index contributed by atoms with van der Waals surface area (Å²) in [6.07, 6.45) is 3.24. The van der Waals surface area contributed by atoms with E-state index in [0.29, 0.717) is 64.9 Å². The Balaban J connectivity index is 1.52. The summed E-state index contributed by atoms with van der Waals surface area (Å²) >= 11 is 6.16. The summed E-state index contributed by atoms with van der Waals surface area (Å²) in [4.78, 5) is 17.6. The van der Waals surface area contributed by atoms with Gasteiger partial charge in [-0.15, -0.1) is 0 Å². The Morgan fingerprint density at radius 1 is 1.05 bits per heavy atom. The number of imidazole rings is 1. The van der Waals surface area contributed by atoms with E-state index in [0.717, 1.165) is 11.1 Å². The number of morpholine rings is 1. The fourth-order valence-corrected chi connectivity index (χ4v) is 5.12. The average molecular weight is 543 g/mol. The summed E-state index contributed by atoms with van der Waals surface area (Å²) in [6, 6.07) is 22.1. The average Bonchev–Trinajstić information content (AvgIpc) is 3.60. The zero-order chi connectivity index (χ0) is 27.0. The first-order valence-corrected chi connectivity index (χ1v) is 13.0. The molecule has 3 heterocycles. The summed E-state index contributed by atoms with van der Waals surface area (Å²) in [5, 5.41) is 15.5.